The van der Waals surface area contributed by atoms with Crippen molar-refractivity contribution in [2.45, 2.75) is 51.9 Å². The van der Waals surface area contributed by atoms with E-state index in [0.29, 0.717) is 17.8 Å². The molecule has 0 aromatic carbocycles. The zero-order valence-corrected chi connectivity index (χ0v) is 10.7. The van der Waals surface area contributed by atoms with Crippen molar-refractivity contribution >= 4 is 0 Å². The van der Waals surface area contributed by atoms with Crippen molar-refractivity contribution in [3.05, 3.63) is 17.3 Å². The van der Waals surface area contributed by atoms with E-state index >= 15 is 0 Å². The molecule has 3 nitrogen and oxygen atoms in total. The quantitative estimate of drug-likeness (QED) is 0.854. The van der Waals surface area contributed by atoms with Crippen LogP contribution < -0.4 is 5.32 Å². The van der Waals surface area contributed by atoms with Gasteiger partial charge in [-0.1, -0.05) is 27.7 Å². The summed E-state index contributed by atoms with van der Waals surface area (Å²) in [5.74, 6) is 3.37. The van der Waals surface area contributed by atoms with Crippen LogP contribution in [0.15, 0.2) is 4.42 Å². The fourth-order valence-electron chi connectivity index (χ4n) is 2.23. The molecule has 1 saturated heterocycles. The van der Waals surface area contributed by atoms with Gasteiger partial charge in [-0.05, 0) is 18.9 Å². The molecule has 0 saturated carbocycles. The Hall–Kier alpha value is -0.830. The zero-order chi connectivity index (χ0) is 11.7. The van der Waals surface area contributed by atoms with Crippen LogP contribution in [0.1, 0.15) is 69.2 Å². The molecule has 16 heavy (non-hydrogen) atoms. The van der Waals surface area contributed by atoms with Crippen molar-refractivity contribution in [2.24, 2.45) is 0 Å². The Bertz CT molecular complexity index is 323. The second-order valence-electron chi connectivity index (χ2n) is 5.30. The van der Waals surface area contributed by atoms with Crippen LogP contribution in [0.3, 0.4) is 0 Å². The van der Waals surface area contributed by atoms with Gasteiger partial charge in [0.1, 0.15) is 5.76 Å². The highest BCUT2D eigenvalue weighted by molar-refractivity contribution is 5.18. The molecule has 1 aromatic rings. The van der Waals surface area contributed by atoms with Crippen LogP contribution in [0, 0.1) is 0 Å². The van der Waals surface area contributed by atoms with Crippen LogP contribution >= 0.6 is 0 Å². The number of nitrogens with zero attached hydrogens (tertiary/aromatic N) is 1. The van der Waals surface area contributed by atoms with E-state index in [0.717, 1.165) is 36.9 Å². The van der Waals surface area contributed by atoms with Crippen LogP contribution in [0.4, 0.5) is 0 Å². The highest BCUT2D eigenvalue weighted by Crippen LogP contribution is 2.31. The van der Waals surface area contributed by atoms with E-state index in [4.69, 9.17) is 9.40 Å². The van der Waals surface area contributed by atoms with E-state index in [-0.39, 0.29) is 0 Å². The minimum absolute atomic E-state index is 0.424. The molecule has 1 aliphatic heterocycles. The third-order valence-electron chi connectivity index (χ3n) is 3.18. The lowest BCUT2D eigenvalue weighted by Gasteiger charge is -2.05. The molecular weight excluding hydrogens is 200 g/mol. The monoisotopic (exact) mass is 222 g/mol. The molecule has 1 unspecified atom stereocenters. The smallest absolute Gasteiger partial charge is 0.199 e. The molecule has 1 fully saturated rings. The molecule has 0 radical (unpaired) electrons. The van der Waals surface area contributed by atoms with Gasteiger partial charge in [-0.25, -0.2) is 4.98 Å². The number of hydrogen-bond acceptors (Lipinski definition) is 3. The van der Waals surface area contributed by atoms with Gasteiger partial charge in [-0.3, -0.25) is 0 Å². The first-order chi connectivity index (χ1) is 7.59. The van der Waals surface area contributed by atoms with Gasteiger partial charge >= 0.3 is 0 Å². The molecule has 1 N–H and O–H groups in total. The summed E-state index contributed by atoms with van der Waals surface area (Å²) >= 11 is 0. The average Bonchev–Trinajstić information content (AvgIpc) is 2.86. The van der Waals surface area contributed by atoms with Crippen molar-refractivity contribution in [3.63, 3.8) is 0 Å². The van der Waals surface area contributed by atoms with Gasteiger partial charge in [-0.2, -0.15) is 0 Å². The van der Waals surface area contributed by atoms with Crippen LogP contribution in [0.25, 0.3) is 0 Å². The van der Waals surface area contributed by atoms with E-state index < -0.39 is 0 Å². The maximum atomic E-state index is 5.97. The van der Waals surface area contributed by atoms with Crippen LogP contribution in [0.5, 0.6) is 0 Å². The van der Waals surface area contributed by atoms with Crippen LogP contribution in [-0.4, -0.2) is 18.1 Å². The maximum absolute atomic E-state index is 5.97. The maximum Gasteiger partial charge on any atom is 0.199 e. The summed E-state index contributed by atoms with van der Waals surface area (Å²) in [4.78, 5) is 4.71. The third kappa shape index (κ3) is 2.14. The Balaban J connectivity index is 2.30. The summed E-state index contributed by atoms with van der Waals surface area (Å²) in [6.45, 7) is 10.8. The summed E-state index contributed by atoms with van der Waals surface area (Å²) in [6, 6.07) is 0. The molecule has 0 bridgehead atoms. The largest absolute Gasteiger partial charge is 0.445 e. The molecule has 0 aliphatic carbocycles. The van der Waals surface area contributed by atoms with Gasteiger partial charge in [0, 0.05) is 18.4 Å². The molecule has 1 aromatic heterocycles. The van der Waals surface area contributed by atoms with Crippen molar-refractivity contribution in [1.82, 2.24) is 10.3 Å². The van der Waals surface area contributed by atoms with Gasteiger partial charge in [0.25, 0.3) is 0 Å². The number of rotatable bonds is 3. The first kappa shape index (κ1) is 11.6. The second kappa shape index (κ2) is 4.58. The van der Waals surface area contributed by atoms with Crippen LogP contribution in [-0.2, 0) is 0 Å². The van der Waals surface area contributed by atoms with E-state index in [1.165, 1.54) is 0 Å². The molecule has 3 heteroatoms. The SMILES string of the molecule is CC(C)c1nc(C2CCNC2)oc1C(C)C. The van der Waals surface area contributed by atoms with E-state index in [1.807, 2.05) is 0 Å². The summed E-state index contributed by atoms with van der Waals surface area (Å²) in [5.41, 5.74) is 1.15. The third-order valence-corrected chi connectivity index (χ3v) is 3.18. The summed E-state index contributed by atoms with van der Waals surface area (Å²) in [7, 11) is 0. The first-order valence-corrected chi connectivity index (χ1v) is 6.30. The Morgan fingerprint density at radius 2 is 2.00 bits per heavy atom. The van der Waals surface area contributed by atoms with Gasteiger partial charge in [0.05, 0.1) is 5.69 Å². The molecule has 2 heterocycles. The second-order valence-corrected chi connectivity index (χ2v) is 5.30. The zero-order valence-electron chi connectivity index (χ0n) is 10.7. The number of oxazole rings is 1. The predicted octanol–water partition coefficient (Wildman–Crippen LogP) is 3.00. The molecule has 2 rings (SSSR count). The molecule has 1 atom stereocenters. The first-order valence-electron chi connectivity index (χ1n) is 6.30. The fraction of sp³-hybridized carbons (Fsp3) is 0.769. The highest BCUT2D eigenvalue weighted by atomic mass is 16.4. The Kier molecular flexibility index (Phi) is 3.33. The van der Waals surface area contributed by atoms with Crippen molar-refractivity contribution in [2.75, 3.05) is 13.1 Å². The average molecular weight is 222 g/mol. The summed E-state index contributed by atoms with van der Waals surface area (Å²) in [6.07, 6.45) is 1.15. The van der Waals surface area contributed by atoms with E-state index in [1.54, 1.807) is 0 Å². The number of nitrogens with one attached hydrogen (secondary N) is 1. The Morgan fingerprint density at radius 1 is 1.25 bits per heavy atom. The number of aromatic nitrogens is 1. The van der Waals surface area contributed by atoms with Gasteiger partial charge < -0.3 is 9.73 Å². The molecule has 90 valence electrons. The van der Waals surface area contributed by atoms with Crippen molar-refractivity contribution in [3.8, 4) is 0 Å². The van der Waals surface area contributed by atoms with E-state index in [2.05, 4.69) is 33.0 Å². The number of hydrogen-bond donors (Lipinski definition) is 1. The minimum atomic E-state index is 0.424. The lowest BCUT2D eigenvalue weighted by atomic mass is 10.0. The lowest BCUT2D eigenvalue weighted by Crippen LogP contribution is -2.08. The lowest BCUT2D eigenvalue weighted by molar-refractivity contribution is 0.412. The van der Waals surface area contributed by atoms with Gasteiger partial charge in [0.2, 0.25) is 0 Å². The standard InChI is InChI=1S/C13H22N2O/c1-8(2)11-12(9(3)4)16-13(15-11)10-5-6-14-7-10/h8-10,14H,5-7H2,1-4H3. The summed E-state index contributed by atoms with van der Waals surface area (Å²) in [5, 5.41) is 3.36. The molecule has 0 spiro atoms. The molecule has 0 amide bonds. The van der Waals surface area contributed by atoms with Crippen molar-refractivity contribution in [1.29, 1.82) is 0 Å². The van der Waals surface area contributed by atoms with Crippen LogP contribution in [0.2, 0.25) is 0 Å². The Labute approximate surface area is 97.6 Å². The van der Waals surface area contributed by atoms with Crippen molar-refractivity contribution < 1.29 is 4.42 Å². The minimum Gasteiger partial charge on any atom is -0.445 e. The topological polar surface area (TPSA) is 38.1 Å². The van der Waals surface area contributed by atoms with E-state index in [9.17, 15) is 0 Å². The van der Waals surface area contributed by atoms with Gasteiger partial charge in [0.15, 0.2) is 5.89 Å². The highest BCUT2D eigenvalue weighted by Gasteiger charge is 2.25. The Morgan fingerprint density at radius 3 is 2.44 bits per heavy atom. The normalized spacial score (nSPS) is 21.2. The molecular formula is C13H22N2O. The molecule has 1 aliphatic rings. The fourth-order valence-corrected chi connectivity index (χ4v) is 2.23. The van der Waals surface area contributed by atoms with Gasteiger partial charge in [-0.15, -0.1) is 0 Å². The predicted molar refractivity (Wildman–Crippen MR) is 64.9 cm³/mol. The summed E-state index contributed by atoms with van der Waals surface area (Å²) < 4.78 is 5.97.